The van der Waals surface area contributed by atoms with E-state index in [2.05, 4.69) is 27.1 Å². The molecule has 214 valence electrons. The van der Waals surface area contributed by atoms with E-state index >= 15 is 0 Å². The topological polar surface area (TPSA) is 120 Å². The first-order valence-corrected chi connectivity index (χ1v) is 13.9. The molecule has 0 aliphatic carbocycles. The summed E-state index contributed by atoms with van der Waals surface area (Å²) in [6.45, 7) is 6.03. The molecule has 0 atom stereocenters. The van der Waals surface area contributed by atoms with Crippen molar-refractivity contribution in [3.8, 4) is 34.0 Å². The van der Waals surface area contributed by atoms with Gasteiger partial charge in [0.2, 0.25) is 5.78 Å². The van der Waals surface area contributed by atoms with Gasteiger partial charge in [-0.2, -0.15) is 10.1 Å². The Morgan fingerprint density at radius 1 is 0.953 bits per heavy atom. The SMILES string of the molecule is CCCc1c(Cc2ccc(-c3ccccc3-c3noc(=O)[nH]3)cc2)c(=O)n(-c2ccc(OC(C)C)cc2)c2ncnn12.[KH]. The second-order valence-electron chi connectivity index (χ2n) is 10.3. The first kappa shape index (κ1) is 30.8. The fraction of sp³-hybridized carbons (Fsp3) is 0.219. The van der Waals surface area contributed by atoms with E-state index in [0.29, 0.717) is 35.7 Å². The van der Waals surface area contributed by atoms with Gasteiger partial charge in [-0.05, 0) is 61.2 Å². The van der Waals surface area contributed by atoms with Gasteiger partial charge in [-0.1, -0.05) is 67.0 Å². The van der Waals surface area contributed by atoms with Crippen molar-refractivity contribution >= 4 is 57.2 Å². The second kappa shape index (κ2) is 13.4. The molecule has 0 spiro atoms. The van der Waals surface area contributed by atoms with E-state index in [4.69, 9.17) is 9.26 Å². The predicted octanol–water partition coefficient (Wildman–Crippen LogP) is 4.57. The van der Waals surface area contributed by atoms with Crippen LogP contribution in [0.15, 0.2) is 93.2 Å². The van der Waals surface area contributed by atoms with Gasteiger partial charge in [0.15, 0.2) is 5.82 Å². The summed E-state index contributed by atoms with van der Waals surface area (Å²) in [5, 5.41) is 8.35. The third-order valence-corrected chi connectivity index (χ3v) is 7.02. The molecular formula is C32H31KN6O4. The van der Waals surface area contributed by atoms with E-state index in [1.165, 1.54) is 6.33 Å². The summed E-state index contributed by atoms with van der Waals surface area (Å²) in [6, 6.07) is 23.1. The van der Waals surface area contributed by atoms with Gasteiger partial charge in [0.05, 0.1) is 17.5 Å². The van der Waals surface area contributed by atoms with Gasteiger partial charge in [0.1, 0.15) is 12.1 Å². The minimum absolute atomic E-state index is 0. The standard InChI is InChI=1S/C32H30N6O4.K.H/c1-4-7-28-27(30(39)37(31-33-19-34-38(28)31)23-14-16-24(17-15-23)41-20(2)3)18-21-10-12-22(13-11-21)25-8-5-6-9-26(25)29-35-32(40)42-36-29;;/h5-6,8-17,19-20H,4,7,18H2,1-3H3,(H,35,36,40);;. The van der Waals surface area contributed by atoms with Gasteiger partial charge < -0.3 is 4.74 Å². The molecule has 0 saturated carbocycles. The van der Waals surface area contributed by atoms with E-state index in [0.717, 1.165) is 40.1 Å². The molecule has 1 N–H and O–H groups in total. The summed E-state index contributed by atoms with van der Waals surface area (Å²) in [5.41, 5.74) is 5.67. The molecule has 0 aliphatic rings. The molecule has 0 aliphatic heterocycles. The molecule has 3 aromatic heterocycles. The fourth-order valence-corrected chi connectivity index (χ4v) is 5.20. The summed E-state index contributed by atoms with van der Waals surface area (Å²) in [4.78, 5) is 32.7. The van der Waals surface area contributed by atoms with Gasteiger partial charge in [-0.3, -0.25) is 14.3 Å². The molecule has 0 saturated heterocycles. The van der Waals surface area contributed by atoms with Crippen molar-refractivity contribution in [1.82, 2.24) is 29.3 Å². The van der Waals surface area contributed by atoms with Crippen LogP contribution in [0, 0.1) is 0 Å². The number of H-pyrrole nitrogens is 1. The number of nitrogens with one attached hydrogen (secondary N) is 1. The average molecular weight is 603 g/mol. The third-order valence-electron chi connectivity index (χ3n) is 7.02. The predicted molar refractivity (Wildman–Crippen MR) is 166 cm³/mol. The van der Waals surface area contributed by atoms with E-state index in [1.807, 2.05) is 86.6 Å². The quantitative estimate of drug-likeness (QED) is 0.241. The number of nitrogens with zero attached hydrogens (tertiary/aromatic N) is 5. The zero-order valence-electron chi connectivity index (χ0n) is 23.6. The first-order chi connectivity index (χ1) is 20.4. The van der Waals surface area contributed by atoms with Crippen LogP contribution in [0.4, 0.5) is 0 Å². The molecule has 6 rings (SSSR count). The summed E-state index contributed by atoms with van der Waals surface area (Å²) < 4.78 is 13.9. The van der Waals surface area contributed by atoms with Gasteiger partial charge in [-0.25, -0.2) is 13.9 Å². The van der Waals surface area contributed by atoms with Crippen molar-refractivity contribution in [2.24, 2.45) is 0 Å². The molecular weight excluding hydrogens is 571 g/mol. The summed E-state index contributed by atoms with van der Waals surface area (Å²) in [5.74, 6) is 0.975. The number of ether oxygens (including phenoxy) is 1. The van der Waals surface area contributed by atoms with Crippen LogP contribution in [-0.2, 0) is 12.8 Å². The Morgan fingerprint density at radius 3 is 2.33 bits per heavy atom. The van der Waals surface area contributed by atoms with E-state index in [9.17, 15) is 9.59 Å². The second-order valence-corrected chi connectivity index (χ2v) is 10.3. The Bertz CT molecular complexity index is 1970. The summed E-state index contributed by atoms with van der Waals surface area (Å²) >= 11 is 0. The number of fused-ring (bicyclic) bond motifs is 1. The Balaban J connectivity index is 0.00000368. The molecule has 6 aromatic rings. The number of aromatic amines is 1. The molecule has 43 heavy (non-hydrogen) atoms. The number of aromatic nitrogens is 6. The summed E-state index contributed by atoms with van der Waals surface area (Å²) in [6.07, 6.45) is 3.50. The Labute approximate surface area is 290 Å². The van der Waals surface area contributed by atoms with Crippen molar-refractivity contribution < 1.29 is 9.26 Å². The van der Waals surface area contributed by atoms with Crippen molar-refractivity contribution in [2.75, 3.05) is 0 Å². The number of hydrogen-bond donors (Lipinski definition) is 1. The van der Waals surface area contributed by atoms with Crippen molar-refractivity contribution in [3.05, 3.63) is 117 Å². The van der Waals surface area contributed by atoms with Crippen LogP contribution in [-0.4, -0.2) is 86.8 Å². The van der Waals surface area contributed by atoms with Crippen molar-refractivity contribution in [1.29, 1.82) is 0 Å². The van der Waals surface area contributed by atoms with Crippen LogP contribution in [0.5, 0.6) is 5.75 Å². The molecule has 0 amide bonds. The first-order valence-electron chi connectivity index (χ1n) is 13.9. The van der Waals surface area contributed by atoms with Gasteiger partial charge in [0.25, 0.3) is 5.56 Å². The normalized spacial score (nSPS) is 11.2. The average Bonchev–Trinajstić information content (AvgIpc) is 3.65. The molecule has 0 unspecified atom stereocenters. The Hall–Kier alpha value is -3.61. The minimum atomic E-state index is -0.604. The maximum atomic E-state index is 14.1. The van der Waals surface area contributed by atoms with Crippen LogP contribution in [0.1, 0.15) is 44.0 Å². The van der Waals surface area contributed by atoms with Crippen LogP contribution in [0.3, 0.4) is 0 Å². The van der Waals surface area contributed by atoms with Crippen LogP contribution in [0.25, 0.3) is 34.0 Å². The van der Waals surface area contributed by atoms with E-state index in [1.54, 1.807) is 9.08 Å². The van der Waals surface area contributed by atoms with Crippen LogP contribution in [0.2, 0.25) is 0 Å². The van der Waals surface area contributed by atoms with Crippen molar-refractivity contribution in [3.63, 3.8) is 0 Å². The van der Waals surface area contributed by atoms with Crippen molar-refractivity contribution in [2.45, 2.75) is 46.1 Å². The number of benzene rings is 3. The third kappa shape index (κ3) is 6.36. The molecule has 10 nitrogen and oxygen atoms in total. The van der Waals surface area contributed by atoms with Gasteiger partial charge in [-0.15, -0.1) is 0 Å². The van der Waals surface area contributed by atoms with Crippen LogP contribution < -0.4 is 16.1 Å². The van der Waals surface area contributed by atoms with Gasteiger partial charge >= 0.3 is 57.1 Å². The zero-order chi connectivity index (χ0) is 29.2. The Morgan fingerprint density at radius 2 is 1.67 bits per heavy atom. The molecule has 11 heteroatoms. The fourth-order valence-electron chi connectivity index (χ4n) is 5.20. The monoisotopic (exact) mass is 602 g/mol. The number of rotatable bonds is 9. The van der Waals surface area contributed by atoms with Crippen LogP contribution >= 0.6 is 0 Å². The van der Waals surface area contributed by atoms with E-state index in [-0.39, 0.29) is 63.0 Å². The zero-order valence-corrected chi connectivity index (χ0v) is 23.6. The number of aryl methyl sites for hydroxylation is 1. The molecule has 3 heterocycles. The molecule has 0 fully saturated rings. The van der Waals surface area contributed by atoms with E-state index < -0.39 is 5.76 Å². The Kier molecular flexibility index (Phi) is 9.57. The number of hydrogen-bond acceptors (Lipinski definition) is 7. The molecule has 0 radical (unpaired) electrons. The molecule has 0 bridgehead atoms. The molecule has 3 aromatic carbocycles. The maximum absolute atomic E-state index is 14.1. The summed E-state index contributed by atoms with van der Waals surface area (Å²) in [7, 11) is 0. The van der Waals surface area contributed by atoms with Gasteiger partial charge in [0, 0.05) is 17.5 Å².